The van der Waals surface area contributed by atoms with Crippen molar-refractivity contribution in [3.63, 3.8) is 0 Å². The minimum atomic E-state index is -0.369. The number of hydrogen-bond donors (Lipinski definition) is 0. The third kappa shape index (κ3) is 5.71. The second kappa shape index (κ2) is 11.2. The summed E-state index contributed by atoms with van der Waals surface area (Å²) in [6, 6.07) is 18.4. The van der Waals surface area contributed by atoms with Crippen molar-refractivity contribution in [3.05, 3.63) is 94.0 Å². The number of benzene rings is 3. The lowest BCUT2D eigenvalue weighted by atomic mass is 10.1. The molecular weight excluding hydrogens is 467 g/mol. The van der Waals surface area contributed by atoms with Crippen molar-refractivity contribution >= 4 is 28.4 Å². The molecule has 0 fully saturated rings. The first-order valence-electron chi connectivity index (χ1n) is 11.1. The summed E-state index contributed by atoms with van der Waals surface area (Å²) < 4.78 is 25.5. The number of ketones is 1. The molecule has 0 aliphatic heterocycles. The van der Waals surface area contributed by atoms with Crippen LogP contribution < -0.4 is 15.0 Å². The van der Waals surface area contributed by atoms with Gasteiger partial charge in [-0.3, -0.25) is 14.2 Å². The van der Waals surface area contributed by atoms with Crippen molar-refractivity contribution in [1.82, 2.24) is 9.55 Å². The molecule has 6 nitrogen and oxygen atoms in total. The van der Waals surface area contributed by atoms with Crippen LogP contribution in [0.5, 0.6) is 11.5 Å². The molecule has 0 radical (unpaired) electrons. The number of halogens is 1. The Hall–Kier alpha value is -3.65. The van der Waals surface area contributed by atoms with Crippen LogP contribution in [0.4, 0.5) is 4.39 Å². The average Bonchev–Trinajstić information content (AvgIpc) is 2.88. The molecule has 8 heteroatoms. The molecule has 180 valence electrons. The second-order valence-corrected chi connectivity index (χ2v) is 8.94. The van der Waals surface area contributed by atoms with E-state index in [1.807, 2.05) is 36.4 Å². The van der Waals surface area contributed by atoms with E-state index < -0.39 is 0 Å². The molecular formula is C27H25FN2O4S. The van der Waals surface area contributed by atoms with E-state index in [0.29, 0.717) is 58.3 Å². The topological polar surface area (TPSA) is 70.4 Å². The van der Waals surface area contributed by atoms with Gasteiger partial charge >= 0.3 is 0 Å². The van der Waals surface area contributed by atoms with Gasteiger partial charge in [0, 0.05) is 17.7 Å². The smallest absolute Gasteiger partial charge is 0.262 e. The molecule has 4 aromatic rings. The van der Waals surface area contributed by atoms with Crippen LogP contribution in [0, 0.1) is 5.82 Å². The molecule has 0 aliphatic carbocycles. The molecule has 3 aromatic carbocycles. The Morgan fingerprint density at radius 1 is 1.00 bits per heavy atom. The number of aromatic nitrogens is 2. The Bertz CT molecular complexity index is 1400. The monoisotopic (exact) mass is 492 g/mol. The largest absolute Gasteiger partial charge is 0.493 e. The van der Waals surface area contributed by atoms with Crippen LogP contribution >= 0.6 is 11.8 Å². The van der Waals surface area contributed by atoms with E-state index in [4.69, 9.17) is 14.5 Å². The summed E-state index contributed by atoms with van der Waals surface area (Å²) in [6.45, 7) is 0.313. The van der Waals surface area contributed by atoms with Gasteiger partial charge in [-0.2, -0.15) is 0 Å². The van der Waals surface area contributed by atoms with Gasteiger partial charge in [-0.05, 0) is 60.5 Å². The van der Waals surface area contributed by atoms with Crippen LogP contribution in [0.1, 0.15) is 28.8 Å². The number of carbonyl (C=O) groups excluding carboxylic acids is 1. The summed E-state index contributed by atoms with van der Waals surface area (Å²) in [5, 5.41) is 1.13. The van der Waals surface area contributed by atoms with Crippen LogP contribution in [-0.2, 0) is 6.54 Å². The van der Waals surface area contributed by atoms with Gasteiger partial charge in [0.25, 0.3) is 5.56 Å². The number of carbonyl (C=O) groups is 1. The van der Waals surface area contributed by atoms with Gasteiger partial charge in [-0.25, -0.2) is 9.37 Å². The van der Waals surface area contributed by atoms with Crippen molar-refractivity contribution in [2.75, 3.05) is 20.0 Å². The molecule has 0 amide bonds. The molecule has 0 spiro atoms. The summed E-state index contributed by atoms with van der Waals surface area (Å²) in [5.41, 5.74) is 1.86. The first-order chi connectivity index (χ1) is 17.0. The number of rotatable bonds is 10. The van der Waals surface area contributed by atoms with Gasteiger partial charge < -0.3 is 9.47 Å². The molecule has 0 saturated carbocycles. The minimum absolute atomic E-state index is 0.0419. The maximum atomic E-state index is 13.4. The normalized spacial score (nSPS) is 10.9. The summed E-state index contributed by atoms with van der Waals surface area (Å²) >= 11 is 1.44. The number of fused-ring (bicyclic) bond motifs is 1. The van der Waals surface area contributed by atoms with Crippen molar-refractivity contribution in [1.29, 1.82) is 0 Å². The first-order valence-corrected chi connectivity index (χ1v) is 12.1. The van der Waals surface area contributed by atoms with Gasteiger partial charge in [-0.15, -0.1) is 0 Å². The standard InChI is InChI=1S/C27H25FN2O4S/c1-33-24-14-9-18(16-25(24)34-2)17-30-26(32)21-6-3-4-7-22(21)29-27(30)35-15-5-8-23(31)19-10-12-20(28)13-11-19/h3-4,6-7,9-14,16H,5,8,15,17H2,1-2H3. The molecule has 0 aliphatic rings. The second-order valence-electron chi connectivity index (χ2n) is 7.87. The molecule has 35 heavy (non-hydrogen) atoms. The molecule has 1 heterocycles. The van der Waals surface area contributed by atoms with Crippen molar-refractivity contribution < 1.29 is 18.7 Å². The highest BCUT2D eigenvalue weighted by Gasteiger charge is 2.14. The minimum Gasteiger partial charge on any atom is -0.493 e. The third-order valence-electron chi connectivity index (χ3n) is 5.56. The zero-order chi connectivity index (χ0) is 24.8. The fourth-order valence-corrected chi connectivity index (χ4v) is 4.67. The zero-order valence-electron chi connectivity index (χ0n) is 19.5. The number of thioether (sulfide) groups is 1. The molecule has 1 aromatic heterocycles. The van der Waals surface area contributed by atoms with E-state index in [1.54, 1.807) is 24.9 Å². The fraction of sp³-hybridized carbons (Fsp3) is 0.222. The van der Waals surface area contributed by atoms with E-state index in [1.165, 1.54) is 36.0 Å². The highest BCUT2D eigenvalue weighted by Crippen LogP contribution is 2.28. The van der Waals surface area contributed by atoms with Crippen molar-refractivity contribution in [2.24, 2.45) is 0 Å². The van der Waals surface area contributed by atoms with E-state index in [2.05, 4.69) is 0 Å². The Kier molecular flexibility index (Phi) is 7.82. The summed E-state index contributed by atoms with van der Waals surface area (Å²) in [5.74, 6) is 1.39. The number of hydrogen-bond acceptors (Lipinski definition) is 6. The molecule has 0 N–H and O–H groups in total. The Morgan fingerprint density at radius 3 is 2.49 bits per heavy atom. The van der Waals surface area contributed by atoms with Crippen LogP contribution in [0.25, 0.3) is 10.9 Å². The van der Waals surface area contributed by atoms with Gasteiger partial charge in [0.15, 0.2) is 22.4 Å². The van der Waals surface area contributed by atoms with Crippen LogP contribution in [0.3, 0.4) is 0 Å². The number of para-hydroxylation sites is 1. The highest BCUT2D eigenvalue weighted by molar-refractivity contribution is 7.99. The van der Waals surface area contributed by atoms with Crippen LogP contribution in [0.15, 0.2) is 76.7 Å². The zero-order valence-corrected chi connectivity index (χ0v) is 20.3. The van der Waals surface area contributed by atoms with Gasteiger partial charge in [-0.1, -0.05) is 30.0 Å². The lowest BCUT2D eigenvalue weighted by molar-refractivity contribution is 0.0982. The lowest BCUT2D eigenvalue weighted by Gasteiger charge is -2.15. The maximum absolute atomic E-state index is 13.4. The van der Waals surface area contributed by atoms with E-state index in [-0.39, 0.29) is 17.2 Å². The molecule has 0 unspecified atom stereocenters. The number of Topliss-reactive ketones (excluding diaryl/α,β-unsaturated/α-hetero) is 1. The third-order valence-corrected chi connectivity index (χ3v) is 6.62. The van der Waals surface area contributed by atoms with E-state index >= 15 is 0 Å². The van der Waals surface area contributed by atoms with Crippen molar-refractivity contribution in [3.8, 4) is 11.5 Å². The van der Waals surface area contributed by atoms with Gasteiger partial charge in [0.05, 0.1) is 31.7 Å². The van der Waals surface area contributed by atoms with Crippen LogP contribution in [0.2, 0.25) is 0 Å². The van der Waals surface area contributed by atoms with E-state index in [9.17, 15) is 14.0 Å². The Morgan fingerprint density at radius 2 is 1.74 bits per heavy atom. The van der Waals surface area contributed by atoms with Gasteiger partial charge in [0.1, 0.15) is 5.82 Å². The lowest BCUT2D eigenvalue weighted by Crippen LogP contribution is -2.24. The summed E-state index contributed by atoms with van der Waals surface area (Å²) in [6.07, 6.45) is 0.923. The molecule has 0 bridgehead atoms. The SMILES string of the molecule is COc1ccc(Cn2c(SCCCC(=O)c3ccc(F)cc3)nc3ccccc3c2=O)cc1OC. The quantitative estimate of drug-likeness (QED) is 0.129. The average molecular weight is 493 g/mol. The Balaban J connectivity index is 1.55. The van der Waals surface area contributed by atoms with Gasteiger partial charge in [0.2, 0.25) is 0 Å². The van der Waals surface area contributed by atoms with E-state index in [0.717, 1.165) is 5.56 Å². The molecule has 0 atom stereocenters. The van der Waals surface area contributed by atoms with Crippen LogP contribution in [-0.4, -0.2) is 35.3 Å². The number of ether oxygens (including phenoxy) is 2. The number of methoxy groups -OCH3 is 2. The molecule has 4 rings (SSSR count). The maximum Gasteiger partial charge on any atom is 0.262 e. The highest BCUT2D eigenvalue weighted by atomic mass is 32.2. The first kappa shape index (κ1) is 24.5. The predicted molar refractivity (Wildman–Crippen MR) is 135 cm³/mol. The summed E-state index contributed by atoms with van der Waals surface area (Å²) in [4.78, 5) is 30.5. The Labute approximate surface area is 206 Å². The van der Waals surface area contributed by atoms with Crippen molar-refractivity contribution in [2.45, 2.75) is 24.5 Å². The predicted octanol–water partition coefficient (Wildman–Crippen LogP) is 5.36. The number of nitrogens with zero attached hydrogens (tertiary/aromatic N) is 2. The summed E-state index contributed by atoms with van der Waals surface area (Å²) in [7, 11) is 3.14. The molecule has 0 saturated heterocycles. The fourth-order valence-electron chi connectivity index (χ4n) is 3.74.